The molecule has 6 heteroatoms. The number of H-pyrrole nitrogens is 1. The lowest BCUT2D eigenvalue weighted by atomic mass is 10.4. The fraction of sp³-hybridized carbons (Fsp3) is 0.333. The lowest BCUT2D eigenvalue weighted by Crippen LogP contribution is -2.23. The first kappa shape index (κ1) is 8.76. The molecule has 0 unspecified atom stereocenters. The Morgan fingerprint density at radius 3 is 2.50 bits per heavy atom. The Bertz CT molecular complexity index is 341. The highest BCUT2D eigenvalue weighted by Crippen LogP contribution is 2.23. The van der Waals surface area contributed by atoms with Gasteiger partial charge >= 0.3 is 6.18 Å². The normalized spacial score (nSPS) is 11.7. The van der Waals surface area contributed by atoms with Crippen molar-refractivity contribution >= 4 is 0 Å². The van der Waals surface area contributed by atoms with Gasteiger partial charge in [-0.25, -0.2) is 4.98 Å². The summed E-state index contributed by atoms with van der Waals surface area (Å²) in [5.74, 6) is 0. The lowest BCUT2D eigenvalue weighted by molar-refractivity contribution is -0.142. The summed E-state index contributed by atoms with van der Waals surface area (Å²) in [5.41, 5.74) is -2.32. The molecule has 3 nitrogen and oxygen atoms in total. The van der Waals surface area contributed by atoms with Crippen LogP contribution in [0.3, 0.4) is 0 Å². The molecular weight excluding hydrogens is 173 g/mol. The molecular formula is C6H5F3N2O. The number of nitrogens with zero attached hydrogens (tertiary/aromatic N) is 1. The summed E-state index contributed by atoms with van der Waals surface area (Å²) >= 11 is 0. The molecule has 1 heterocycles. The second-order valence-electron chi connectivity index (χ2n) is 2.24. The smallest absolute Gasteiger partial charge is 0.323 e. The van der Waals surface area contributed by atoms with E-state index in [1.807, 2.05) is 4.98 Å². The van der Waals surface area contributed by atoms with Crippen LogP contribution in [0.1, 0.15) is 11.4 Å². The third-order valence-corrected chi connectivity index (χ3v) is 1.18. The van der Waals surface area contributed by atoms with E-state index in [1.54, 1.807) is 0 Å². The summed E-state index contributed by atoms with van der Waals surface area (Å²) in [6.07, 6.45) is -3.72. The van der Waals surface area contributed by atoms with E-state index in [9.17, 15) is 18.0 Å². The molecule has 0 atom stereocenters. The largest absolute Gasteiger partial charge is 0.438 e. The summed E-state index contributed by atoms with van der Waals surface area (Å²) in [4.78, 5) is 15.6. The number of hydrogen-bond acceptors (Lipinski definition) is 2. The van der Waals surface area contributed by atoms with Crippen molar-refractivity contribution < 1.29 is 13.2 Å². The van der Waals surface area contributed by atoms with Crippen LogP contribution in [-0.4, -0.2) is 9.97 Å². The van der Waals surface area contributed by atoms with Gasteiger partial charge in [-0.05, 0) is 6.92 Å². The Kier molecular flexibility index (Phi) is 1.91. The van der Waals surface area contributed by atoms with Crippen LogP contribution in [0.4, 0.5) is 13.2 Å². The SMILES string of the molecule is Cc1cnc(C(F)(F)F)c(=O)[nH]1. The average Bonchev–Trinajstić information content (AvgIpc) is 1.83. The number of rotatable bonds is 0. The summed E-state index contributed by atoms with van der Waals surface area (Å²) in [7, 11) is 0. The predicted octanol–water partition coefficient (Wildman–Crippen LogP) is 1.10. The first-order chi connectivity index (χ1) is 5.41. The third kappa shape index (κ3) is 1.63. The molecule has 0 aliphatic carbocycles. The van der Waals surface area contributed by atoms with Crippen LogP contribution in [0.2, 0.25) is 0 Å². The maximum absolute atomic E-state index is 11.9. The van der Waals surface area contributed by atoms with Gasteiger partial charge in [0.1, 0.15) is 0 Å². The number of halogens is 3. The van der Waals surface area contributed by atoms with E-state index in [4.69, 9.17) is 0 Å². The first-order valence-corrected chi connectivity index (χ1v) is 3.04. The zero-order chi connectivity index (χ0) is 9.35. The van der Waals surface area contributed by atoms with Gasteiger partial charge in [0.25, 0.3) is 5.56 Å². The van der Waals surface area contributed by atoms with E-state index in [0.717, 1.165) is 6.20 Å². The van der Waals surface area contributed by atoms with Gasteiger partial charge in [-0.3, -0.25) is 4.79 Å². The molecule has 0 aliphatic rings. The van der Waals surface area contributed by atoms with Crippen molar-refractivity contribution in [2.75, 3.05) is 0 Å². The van der Waals surface area contributed by atoms with E-state index in [0.29, 0.717) is 5.69 Å². The Morgan fingerprint density at radius 1 is 1.50 bits per heavy atom. The number of aromatic nitrogens is 2. The number of aromatic amines is 1. The van der Waals surface area contributed by atoms with E-state index >= 15 is 0 Å². The monoisotopic (exact) mass is 178 g/mol. The zero-order valence-corrected chi connectivity index (χ0v) is 6.07. The molecule has 66 valence electrons. The van der Waals surface area contributed by atoms with Crippen LogP contribution in [0.25, 0.3) is 0 Å². The van der Waals surface area contributed by atoms with Crippen molar-refractivity contribution in [1.29, 1.82) is 0 Å². The van der Waals surface area contributed by atoms with Crippen LogP contribution in [-0.2, 0) is 6.18 Å². The Hall–Kier alpha value is -1.33. The fourth-order valence-corrected chi connectivity index (χ4v) is 0.692. The highest BCUT2D eigenvalue weighted by molar-refractivity contribution is 5.04. The van der Waals surface area contributed by atoms with E-state index in [1.165, 1.54) is 6.92 Å². The van der Waals surface area contributed by atoms with Crippen LogP contribution in [0, 0.1) is 6.92 Å². The van der Waals surface area contributed by atoms with Crippen molar-refractivity contribution in [1.82, 2.24) is 9.97 Å². The summed E-state index contributed by atoms with van der Waals surface area (Å²) in [6.45, 7) is 1.45. The topological polar surface area (TPSA) is 45.8 Å². The molecule has 0 saturated heterocycles. The number of hydrogen-bond donors (Lipinski definition) is 1. The summed E-state index contributed by atoms with van der Waals surface area (Å²) in [6, 6.07) is 0. The molecule has 1 N–H and O–H groups in total. The highest BCUT2D eigenvalue weighted by atomic mass is 19.4. The molecule has 0 spiro atoms. The van der Waals surface area contributed by atoms with Crippen LogP contribution >= 0.6 is 0 Å². The van der Waals surface area contributed by atoms with Crippen molar-refractivity contribution in [2.24, 2.45) is 0 Å². The minimum Gasteiger partial charge on any atom is -0.323 e. The molecule has 1 aromatic heterocycles. The van der Waals surface area contributed by atoms with Crippen molar-refractivity contribution in [3.05, 3.63) is 27.9 Å². The second kappa shape index (κ2) is 2.62. The second-order valence-corrected chi connectivity index (χ2v) is 2.24. The third-order valence-electron chi connectivity index (χ3n) is 1.18. The molecule has 0 aliphatic heterocycles. The molecule has 0 amide bonds. The molecule has 0 aromatic carbocycles. The number of aryl methyl sites for hydroxylation is 1. The minimum atomic E-state index is -4.68. The van der Waals surface area contributed by atoms with E-state index < -0.39 is 17.4 Å². The van der Waals surface area contributed by atoms with Gasteiger partial charge in [-0.15, -0.1) is 0 Å². The first-order valence-electron chi connectivity index (χ1n) is 3.04. The van der Waals surface area contributed by atoms with E-state index in [2.05, 4.69) is 4.98 Å². The van der Waals surface area contributed by atoms with Crippen molar-refractivity contribution in [2.45, 2.75) is 13.1 Å². The van der Waals surface area contributed by atoms with Crippen molar-refractivity contribution in [3.63, 3.8) is 0 Å². The van der Waals surface area contributed by atoms with Gasteiger partial charge in [0.2, 0.25) is 5.69 Å². The van der Waals surface area contributed by atoms with Crippen LogP contribution < -0.4 is 5.56 Å². The van der Waals surface area contributed by atoms with Gasteiger partial charge in [0.05, 0.1) is 0 Å². The number of nitrogens with one attached hydrogen (secondary N) is 1. The predicted molar refractivity (Wildman–Crippen MR) is 34.6 cm³/mol. The van der Waals surface area contributed by atoms with Gasteiger partial charge in [0, 0.05) is 11.9 Å². The molecule has 1 aromatic rings. The summed E-state index contributed by atoms with van der Waals surface area (Å²) < 4.78 is 35.7. The highest BCUT2D eigenvalue weighted by Gasteiger charge is 2.35. The molecule has 0 bridgehead atoms. The fourth-order valence-electron chi connectivity index (χ4n) is 0.692. The van der Waals surface area contributed by atoms with Crippen molar-refractivity contribution in [3.8, 4) is 0 Å². The van der Waals surface area contributed by atoms with Gasteiger partial charge in [-0.1, -0.05) is 0 Å². The quantitative estimate of drug-likeness (QED) is 0.646. The van der Waals surface area contributed by atoms with Crippen LogP contribution in [0.5, 0.6) is 0 Å². The van der Waals surface area contributed by atoms with Gasteiger partial charge in [-0.2, -0.15) is 13.2 Å². The van der Waals surface area contributed by atoms with Crippen LogP contribution in [0.15, 0.2) is 11.0 Å². The van der Waals surface area contributed by atoms with E-state index in [-0.39, 0.29) is 0 Å². The Balaban J connectivity index is 3.29. The molecule has 12 heavy (non-hydrogen) atoms. The lowest BCUT2D eigenvalue weighted by Gasteiger charge is -2.03. The van der Waals surface area contributed by atoms with Gasteiger partial charge in [0.15, 0.2) is 0 Å². The molecule has 0 saturated carbocycles. The summed E-state index contributed by atoms with van der Waals surface area (Å²) in [5, 5.41) is 0. The Labute approximate surface area is 65.3 Å². The number of alkyl halides is 3. The van der Waals surface area contributed by atoms with Gasteiger partial charge < -0.3 is 4.98 Å². The minimum absolute atomic E-state index is 0.299. The zero-order valence-electron chi connectivity index (χ0n) is 6.07. The average molecular weight is 178 g/mol. The molecule has 0 fully saturated rings. The molecule has 0 radical (unpaired) electrons. The maximum atomic E-state index is 11.9. The Morgan fingerprint density at radius 2 is 2.08 bits per heavy atom. The molecule has 1 rings (SSSR count). The maximum Gasteiger partial charge on any atom is 0.438 e. The standard InChI is InChI=1S/C6H5F3N2O/c1-3-2-10-4(5(12)11-3)6(7,8)9/h2H,1H3,(H,11,12).